The first-order valence-electron chi connectivity index (χ1n) is 7.76. The number of hydrogen-bond acceptors (Lipinski definition) is 3. The molecule has 0 saturated carbocycles. The van der Waals surface area contributed by atoms with Crippen LogP contribution in [0.15, 0.2) is 22.5 Å². The zero-order chi connectivity index (χ0) is 16.4. The molecule has 1 N–H and O–H groups in total. The highest BCUT2D eigenvalue weighted by Gasteiger charge is 2.09. The summed E-state index contributed by atoms with van der Waals surface area (Å²) in [5.74, 6) is 0.821. The van der Waals surface area contributed by atoms with Crippen LogP contribution in [0.4, 0.5) is 0 Å². The zero-order valence-corrected chi connectivity index (χ0v) is 14.9. The van der Waals surface area contributed by atoms with Gasteiger partial charge in [0.15, 0.2) is 5.96 Å². The van der Waals surface area contributed by atoms with E-state index in [0.717, 1.165) is 38.3 Å². The van der Waals surface area contributed by atoms with Crippen LogP contribution in [0.5, 0.6) is 0 Å². The average Bonchev–Trinajstić information content (AvgIpc) is 3.01. The Hall–Kier alpha value is -1.56. The van der Waals surface area contributed by atoms with Gasteiger partial charge in [0.25, 0.3) is 0 Å². The number of thiophene rings is 1. The van der Waals surface area contributed by atoms with E-state index in [1.807, 2.05) is 7.05 Å². The summed E-state index contributed by atoms with van der Waals surface area (Å²) in [7, 11) is 5.52. The van der Waals surface area contributed by atoms with Gasteiger partial charge in [-0.15, -0.1) is 11.3 Å². The van der Waals surface area contributed by atoms with E-state index in [1.54, 1.807) is 30.3 Å². The van der Waals surface area contributed by atoms with E-state index in [1.165, 1.54) is 4.88 Å². The monoisotopic (exact) mass is 324 g/mol. The predicted octanol–water partition coefficient (Wildman–Crippen LogP) is 2.06. The molecule has 22 heavy (non-hydrogen) atoms. The van der Waals surface area contributed by atoms with E-state index in [0.29, 0.717) is 0 Å². The van der Waals surface area contributed by atoms with E-state index in [4.69, 9.17) is 0 Å². The van der Waals surface area contributed by atoms with Crippen molar-refractivity contribution in [1.29, 1.82) is 0 Å². The third-order valence-corrected chi connectivity index (χ3v) is 4.25. The van der Waals surface area contributed by atoms with Crippen molar-refractivity contribution in [3.05, 3.63) is 22.4 Å². The van der Waals surface area contributed by atoms with Gasteiger partial charge in [-0.25, -0.2) is 4.99 Å². The van der Waals surface area contributed by atoms with Crippen LogP contribution in [0.1, 0.15) is 24.6 Å². The number of guanidine groups is 1. The summed E-state index contributed by atoms with van der Waals surface area (Å²) < 4.78 is 0. The Morgan fingerprint density at radius 3 is 2.73 bits per heavy atom. The van der Waals surface area contributed by atoms with Gasteiger partial charge in [0, 0.05) is 39.1 Å². The summed E-state index contributed by atoms with van der Waals surface area (Å²) in [5, 5.41) is 5.45. The second kappa shape index (κ2) is 10.2. The molecular weight excluding hydrogens is 296 g/mol. The Morgan fingerprint density at radius 2 is 2.14 bits per heavy atom. The molecule has 0 aliphatic carbocycles. The van der Waals surface area contributed by atoms with Crippen molar-refractivity contribution < 1.29 is 4.79 Å². The third kappa shape index (κ3) is 6.93. The van der Waals surface area contributed by atoms with E-state index in [9.17, 15) is 4.79 Å². The van der Waals surface area contributed by atoms with E-state index >= 15 is 0 Å². The van der Waals surface area contributed by atoms with E-state index < -0.39 is 0 Å². The van der Waals surface area contributed by atoms with E-state index in [-0.39, 0.29) is 12.5 Å². The van der Waals surface area contributed by atoms with E-state index in [2.05, 4.69) is 39.6 Å². The molecule has 1 amide bonds. The number of nitrogens with zero attached hydrogens (tertiary/aromatic N) is 3. The lowest BCUT2D eigenvalue weighted by Gasteiger charge is -2.22. The van der Waals surface area contributed by atoms with Crippen LogP contribution in [-0.4, -0.2) is 62.4 Å². The first-order valence-corrected chi connectivity index (χ1v) is 8.64. The SMILES string of the molecule is CCCCNC(=NCC(=O)N(C)C)N(C)CCc1cccs1. The number of aliphatic imine (C=N–C) groups is 1. The lowest BCUT2D eigenvalue weighted by Crippen LogP contribution is -2.41. The Labute approximate surface area is 138 Å². The quantitative estimate of drug-likeness (QED) is 0.452. The van der Waals surface area contributed by atoms with Gasteiger partial charge in [-0.2, -0.15) is 0 Å². The minimum Gasteiger partial charge on any atom is -0.356 e. The fourth-order valence-electron chi connectivity index (χ4n) is 1.81. The van der Waals surface area contributed by atoms with Gasteiger partial charge < -0.3 is 15.1 Å². The normalized spacial score (nSPS) is 11.4. The fraction of sp³-hybridized carbons (Fsp3) is 0.625. The number of hydrogen-bond donors (Lipinski definition) is 1. The molecule has 0 aliphatic rings. The topological polar surface area (TPSA) is 47.9 Å². The number of rotatable bonds is 8. The minimum absolute atomic E-state index is 0.0152. The Bertz CT molecular complexity index is 457. The molecule has 1 heterocycles. The molecule has 124 valence electrons. The molecule has 0 aromatic carbocycles. The van der Waals surface area contributed by atoms with Gasteiger partial charge in [-0.3, -0.25) is 4.79 Å². The van der Waals surface area contributed by atoms with Crippen LogP contribution >= 0.6 is 11.3 Å². The molecule has 0 saturated heterocycles. The largest absolute Gasteiger partial charge is 0.356 e. The molecule has 1 aromatic heterocycles. The first-order chi connectivity index (χ1) is 10.5. The van der Waals surface area contributed by atoms with Crippen molar-refractivity contribution >= 4 is 23.2 Å². The Kier molecular flexibility index (Phi) is 8.58. The highest BCUT2D eigenvalue weighted by Crippen LogP contribution is 2.09. The average molecular weight is 324 g/mol. The number of carbonyl (C=O) groups is 1. The molecule has 6 heteroatoms. The van der Waals surface area contributed by atoms with Gasteiger partial charge in [0.2, 0.25) is 5.91 Å². The lowest BCUT2D eigenvalue weighted by molar-refractivity contribution is -0.127. The maximum absolute atomic E-state index is 11.7. The van der Waals surface area contributed by atoms with Gasteiger partial charge in [0.1, 0.15) is 6.54 Å². The number of likely N-dealkylation sites (N-methyl/N-ethyl adjacent to an activating group) is 2. The number of nitrogens with one attached hydrogen (secondary N) is 1. The molecule has 0 radical (unpaired) electrons. The summed E-state index contributed by atoms with van der Waals surface area (Å²) in [5.41, 5.74) is 0. The number of unbranched alkanes of at least 4 members (excludes halogenated alkanes) is 1. The Morgan fingerprint density at radius 1 is 1.36 bits per heavy atom. The van der Waals surface area contributed by atoms with Crippen molar-refractivity contribution in [2.75, 3.05) is 40.8 Å². The predicted molar refractivity (Wildman–Crippen MR) is 94.6 cm³/mol. The smallest absolute Gasteiger partial charge is 0.243 e. The first kappa shape index (κ1) is 18.5. The van der Waals surface area contributed by atoms with Crippen LogP contribution in [0, 0.1) is 0 Å². The molecule has 0 fully saturated rings. The van der Waals surface area contributed by atoms with Crippen molar-refractivity contribution in [3.8, 4) is 0 Å². The van der Waals surface area contributed by atoms with Crippen molar-refractivity contribution in [1.82, 2.24) is 15.1 Å². The van der Waals surface area contributed by atoms with Crippen molar-refractivity contribution in [2.24, 2.45) is 4.99 Å². The minimum atomic E-state index is 0.0152. The van der Waals surface area contributed by atoms with Gasteiger partial charge >= 0.3 is 0 Å². The molecule has 1 rings (SSSR count). The second-order valence-corrected chi connectivity index (χ2v) is 6.49. The summed E-state index contributed by atoms with van der Waals surface area (Å²) in [6.45, 7) is 4.11. The molecule has 0 atom stereocenters. The zero-order valence-electron chi connectivity index (χ0n) is 14.1. The highest BCUT2D eigenvalue weighted by molar-refractivity contribution is 7.09. The van der Waals surface area contributed by atoms with Gasteiger partial charge in [-0.1, -0.05) is 19.4 Å². The molecule has 1 aromatic rings. The summed E-state index contributed by atoms with van der Waals surface area (Å²) in [6, 6.07) is 4.22. The number of carbonyl (C=O) groups excluding carboxylic acids is 1. The molecule has 0 spiro atoms. The van der Waals surface area contributed by atoms with Crippen LogP contribution in [0.3, 0.4) is 0 Å². The summed E-state index contributed by atoms with van der Waals surface area (Å²) in [6.07, 6.45) is 3.22. The second-order valence-electron chi connectivity index (χ2n) is 5.46. The number of amides is 1. The van der Waals surface area contributed by atoms with Crippen molar-refractivity contribution in [3.63, 3.8) is 0 Å². The Balaban J connectivity index is 2.57. The van der Waals surface area contributed by atoms with Crippen molar-refractivity contribution in [2.45, 2.75) is 26.2 Å². The van der Waals surface area contributed by atoms with Crippen LogP contribution in [0.2, 0.25) is 0 Å². The van der Waals surface area contributed by atoms with Gasteiger partial charge in [0.05, 0.1) is 0 Å². The molecule has 0 bridgehead atoms. The standard InChI is InChI=1S/C16H28N4OS/c1-5-6-10-17-16(18-13-15(21)19(2)3)20(4)11-9-14-8-7-12-22-14/h7-8,12H,5-6,9-11,13H2,1-4H3,(H,17,18). The van der Waals surface area contributed by atoms with Gasteiger partial charge in [-0.05, 0) is 24.3 Å². The van der Waals surface area contributed by atoms with Crippen LogP contribution in [-0.2, 0) is 11.2 Å². The molecule has 0 unspecified atom stereocenters. The molecular formula is C16H28N4OS. The molecule has 5 nitrogen and oxygen atoms in total. The summed E-state index contributed by atoms with van der Waals surface area (Å²) >= 11 is 1.77. The highest BCUT2D eigenvalue weighted by atomic mass is 32.1. The lowest BCUT2D eigenvalue weighted by atomic mass is 10.3. The van der Waals surface area contributed by atoms with Crippen LogP contribution in [0.25, 0.3) is 0 Å². The third-order valence-electron chi connectivity index (χ3n) is 3.31. The van der Waals surface area contributed by atoms with Crippen LogP contribution < -0.4 is 5.32 Å². The maximum atomic E-state index is 11.7. The summed E-state index contributed by atoms with van der Waals surface area (Å²) in [4.78, 5) is 21.2. The maximum Gasteiger partial charge on any atom is 0.243 e. The fourth-order valence-corrected chi connectivity index (χ4v) is 2.51. The molecule has 0 aliphatic heterocycles.